The Kier molecular flexibility index (Phi) is 3.11. The molecule has 0 spiro atoms. The van der Waals surface area contributed by atoms with E-state index in [0.717, 1.165) is 38.3 Å². The summed E-state index contributed by atoms with van der Waals surface area (Å²) in [6, 6.07) is 0. The van der Waals surface area contributed by atoms with Crippen LogP contribution in [0.1, 0.15) is 43.8 Å². The maximum Gasteiger partial charge on any atom is 0.138 e. The van der Waals surface area contributed by atoms with Gasteiger partial charge in [0.05, 0.1) is 5.60 Å². The van der Waals surface area contributed by atoms with E-state index < -0.39 is 5.60 Å². The fourth-order valence-electron chi connectivity index (χ4n) is 3.31. The fourth-order valence-corrected chi connectivity index (χ4v) is 3.31. The lowest BCUT2D eigenvalue weighted by atomic mass is 9.83. The monoisotopic (exact) mass is 250 g/mol. The quantitative estimate of drug-likeness (QED) is 0.866. The minimum Gasteiger partial charge on any atom is -0.389 e. The number of β-amino-alcohol motifs (C(OH)–C–C–N with tert-alkyl or cyclic N) is 1. The van der Waals surface area contributed by atoms with Gasteiger partial charge in [-0.25, -0.2) is 0 Å². The van der Waals surface area contributed by atoms with Gasteiger partial charge in [-0.2, -0.15) is 0 Å². The minimum absolute atomic E-state index is 0.427. The molecule has 18 heavy (non-hydrogen) atoms. The van der Waals surface area contributed by atoms with Crippen molar-refractivity contribution in [1.29, 1.82) is 0 Å². The molecule has 1 saturated carbocycles. The first-order valence-electron chi connectivity index (χ1n) is 6.95. The normalized spacial score (nSPS) is 25.0. The average Bonchev–Trinajstić information content (AvgIpc) is 2.70. The van der Waals surface area contributed by atoms with E-state index in [-0.39, 0.29) is 0 Å². The van der Waals surface area contributed by atoms with Crippen molar-refractivity contribution >= 4 is 0 Å². The molecule has 0 aromatic carbocycles. The topological polar surface area (TPSA) is 54.2 Å². The molecule has 1 aliphatic heterocycles. The molecule has 2 heterocycles. The van der Waals surface area contributed by atoms with Crippen molar-refractivity contribution in [2.24, 2.45) is 7.05 Å². The first kappa shape index (κ1) is 12.1. The van der Waals surface area contributed by atoms with E-state index in [2.05, 4.69) is 15.1 Å². The van der Waals surface area contributed by atoms with Gasteiger partial charge in [0.15, 0.2) is 0 Å². The Labute approximate surface area is 108 Å². The number of aryl methyl sites for hydroxylation is 1. The van der Waals surface area contributed by atoms with Crippen LogP contribution < -0.4 is 0 Å². The lowest BCUT2D eigenvalue weighted by molar-refractivity contribution is -0.0450. The van der Waals surface area contributed by atoms with Crippen molar-refractivity contribution < 1.29 is 5.11 Å². The smallest absolute Gasteiger partial charge is 0.138 e. The van der Waals surface area contributed by atoms with Gasteiger partial charge in [-0.05, 0) is 12.8 Å². The lowest BCUT2D eigenvalue weighted by Crippen LogP contribution is -2.53. The van der Waals surface area contributed by atoms with Crippen molar-refractivity contribution in [3.05, 3.63) is 12.2 Å². The SMILES string of the molecule is Cn1cnnc1C1CN(CC2(O)CCCCC2)C1. The second kappa shape index (κ2) is 4.63. The summed E-state index contributed by atoms with van der Waals surface area (Å²) in [5.41, 5.74) is -0.427. The molecular formula is C13H22N4O. The summed E-state index contributed by atoms with van der Waals surface area (Å²) in [6.45, 7) is 2.85. The van der Waals surface area contributed by atoms with Crippen molar-refractivity contribution in [3.8, 4) is 0 Å². The molecular weight excluding hydrogens is 228 g/mol. The van der Waals surface area contributed by atoms with Crippen LogP contribution >= 0.6 is 0 Å². The summed E-state index contributed by atoms with van der Waals surface area (Å²) in [4.78, 5) is 2.35. The summed E-state index contributed by atoms with van der Waals surface area (Å²) in [5, 5.41) is 18.6. The van der Waals surface area contributed by atoms with Crippen LogP contribution in [0.15, 0.2) is 6.33 Å². The molecule has 1 aromatic rings. The Morgan fingerprint density at radius 1 is 1.33 bits per heavy atom. The van der Waals surface area contributed by atoms with Gasteiger partial charge in [0.25, 0.3) is 0 Å². The maximum absolute atomic E-state index is 10.5. The Morgan fingerprint density at radius 2 is 2.06 bits per heavy atom. The van der Waals surface area contributed by atoms with Gasteiger partial charge < -0.3 is 9.67 Å². The zero-order chi connectivity index (χ0) is 12.6. The van der Waals surface area contributed by atoms with E-state index in [1.165, 1.54) is 19.3 Å². The van der Waals surface area contributed by atoms with E-state index in [1.807, 2.05) is 11.6 Å². The standard InChI is InChI=1S/C13H22N4O/c1-16-10-14-15-12(16)11-7-17(8-11)9-13(18)5-3-2-4-6-13/h10-11,18H,2-9H2,1H3. The van der Waals surface area contributed by atoms with Crippen LogP contribution in [0.3, 0.4) is 0 Å². The summed E-state index contributed by atoms with van der Waals surface area (Å²) in [5.74, 6) is 1.56. The van der Waals surface area contributed by atoms with Crippen LogP contribution in [-0.4, -0.2) is 50.0 Å². The highest BCUT2D eigenvalue weighted by Crippen LogP contribution is 2.32. The third-order valence-electron chi connectivity index (χ3n) is 4.37. The maximum atomic E-state index is 10.5. The van der Waals surface area contributed by atoms with Crippen LogP contribution in [0.4, 0.5) is 0 Å². The summed E-state index contributed by atoms with van der Waals surface area (Å²) >= 11 is 0. The first-order valence-corrected chi connectivity index (χ1v) is 6.95. The number of rotatable bonds is 3. The second-order valence-electron chi connectivity index (χ2n) is 5.98. The number of aliphatic hydroxyl groups is 1. The summed E-state index contributed by atoms with van der Waals surface area (Å²) in [6.07, 6.45) is 7.33. The molecule has 1 saturated heterocycles. The number of aromatic nitrogens is 3. The molecule has 2 fully saturated rings. The molecule has 1 aliphatic carbocycles. The molecule has 100 valence electrons. The Hall–Kier alpha value is -0.940. The van der Waals surface area contributed by atoms with E-state index in [0.29, 0.717) is 5.92 Å². The minimum atomic E-state index is -0.427. The molecule has 0 amide bonds. The average molecular weight is 250 g/mol. The number of nitrogens with zero attached hydrogens (tertiary/aromatic N) is 4. The van der Waals surface area contributed by atoms with Crippen LogP contribution in [0, 0.1) is 0 Å². The highest BCUT2D eigenvalue weighted by Gasteiger charge is 2.38. The van der Waals surface area contributed by atoms with Crippen molar-refractivity contribution in [2.75, 3.05) is 19.6 Å². The molecule has 0 bridgehead atoms. The van der Waals surface area contributed by atoms with E-state index >= 15 is 0 Å². The molecule has 0 atom stereocenters. The molecule has 5 nitrogen and oxygen atoms in total. The zero-order valence-electron chi connectivity index (χ0n) is 11.0. The van der Waals surface area contributed by atoms with E-state index in [9.17, 15) is 5.11 Å². The van der Waals surface area contributed by atoms with Crippen LogP contribution in [0.2, 0.25) is 0 Å². The number of hydrogen-bond acceptors (Lipinski definition) is 4. The lowest BCUT2D eigenvalue weighted by Gasteiger charge is -2.44. The molecule has 5 heteroatoms. The Morgan fingerprint density at radius 3 is 2.67 bits per heavy atom. The Balaban J connectivity index is 1.52. The zero-order valence-corrected chi connectivity index (χ0v) is 11.0. The highest BCUT2D eigenvalue weighted by atomic mass is 16.3. The summed E-state index contributed by atoms with van der Waals surface area (Å²) in [7, 11) is 1.99. The predicted molar refractivity (Wildman–Crippen MR) is 68.2 cm³/mol. The van der Waals surface area contributed by atoms with Crippen molar-refractivity contribution in [2.45, 2.75) is 43.6 Å². The predicted octanol–water partition coefficient (Wildman–Crippen LogP) is 0.909. The van der Waals surface area contributed by atoms with Crippen LogP contribution in [0.5, 0.6) is 0 Å². The van der Waals surface area contributed by atoms with Gasteiger partial charge in [-0.15, -0.1) is 10.2 Å². The third kappa shape index (κ3) is 2.29. The van der Waals surface area contributed by atoms with Crippen LogP contribution in [0.25, 0.3) is 0 Å². The van der Waals surface area contributed by atoms with Gasteiger partial charge in [0.2, 0.25) is 0 Å². The van der Waals surface area contributed by atoms with Gasteiger partial charge in [-0.1, -0.05) is 19.3 Å². The first-order chi connectivity index (χ1) is 8.66. The van der Waals surface area contributed by atoms with E-state index in [4.69, 9.17) is 0 Å². The second-order valence-corrected chi connectivity index (χ2v) is 5.98. The fraction of sp³-hybridized carbons (Fsp3) is 0.846. The Bertz CT molecular complexity index is 405. The molecule has 3 rings (SSSR count). The molecule has 0 radical (unpaired) electrons. The van der Waals surface area contributed by atoms with Crippen molar-refractivity contribution in [1.82, 2.24) is 19.7 Å². The van der Waals surface area contributed by atoms with Gasteiger partial charge in [0, 0.05) is 32.6 Å². The largest absolute Gasteiger partial charge is 0.389 e. The van der Waals surface area contributed by atoms with E-state index in [1.54, 1.807) is 6.33 Å². The summed E-state index contributed by atoms with van der Waals surface area (Å²) < 4.78 is 2.00. The van der Waals surface area contributed by atoms with Crippen LogP contribution in [-0.2, 0) is 7.05 Å². The van der Waals surface area contributed by atoms with Crippen molar-refractivity contribution in [3.63, 3.8) is 0 Å². The molecule has 0 unspecified atom stereocenters. The third-order valence-corrected chi connectivity index (χ3v) is 4.37. The van der Waals surface area contributed by atoms with Gasteiger partial charge >= 0.3 is 0 Å². The van der Waals surface area contributed by atoms with Gasteiger partial charge in [-0.3, -0.25) is 4.90 Å². The van der Waals surface area contributed by atoms with Gasteiger partial charge in [0.1, 0.15) is 12.2 Å². The number of likely N-dealkylation sites (tertiary alicyclic amines) is 1. The molecule has 1 N–H and O–H groups in total. The number of hydrogen-bond donors (Lipinski definition) is 1. The molecule has 1 aromatic heterocycles. The molecule has 2 aliphatic rings. The highest BCUT2D eigenvalue weighted by molar-refractivity contribution is 5.05.